The monoisotopic (exact) mass is 248 g/mol. The summed E-state index contributed by atoms with van der Waals surface area (Å²) in [4.78, 5) is 10.5. The summed E-state index contributed by atoms with van der Waals surface area (Å²) in [5.74, 6) is 1.15. The van der Waals surface area contributed by atoms with Crippen LogP contribution in [0, 0.1) is 0 Å². The molecule has 1 heterocycles. The molecule has 0 spiro atoms. The molecule has 98 valence electrons. The third kappa shape index (κ3) is 3.57. The minimum Gasteiger partial charge on any atom is -0.490 e. The third-order valence-corrected chi connectivity index (χ3v) is 3.35. The van der Waals surface area contributed by atoms with Gasteiger partial charge in [-0.3, -0.25) is 0 Å². The summed E-state index contributed by atoms with van der Waals surface area (Å²) in [6.45, 7) is 3.62. The number of hydrogen-bond donors (Lipinski definition) is 0. The molecule has 0 saturated carbocycles. The highest BCUT2D eigenvalue weighted by atomic mass is 16.5. The van der Waals surface area contributed by atoms with Gasteiger partial charge in [0.05, 0.1) is 13.2 Å². The van der Waals surface area contributed by atoms with Crippen molar-refractivity contribution in [2.75, 3.05) is 13.2 Å². The van der Waals surface area contributed by atoms with Crippen molar-refractivity contribution in [1.29, 1.82) is 0 Å². The Morgan fingerprint density at radius 2 is 2.22 bits per heavy atom. The van der Waals surface area contributed by atoms with Crippen LogP contribution in [0.15, 0.2) is 24.3 Å². The van der Waals surface area contributed by atoms with Crippen molar-refractivity contribution in [3.05, 3.63) is 29.8 Å². The number of carbonyl (C=O) groups excluding carboxylic acids is 1. The van der Waals surface area contributed by atoms with Gasteiger partial charge in [0.1, 0.15) is 18.1 Å². The fourth-order valence-corrected chi connectivity index (χ4v) is 2.16. The Hall–Kier alpha value is -1.35. The molecule has 3 heteroatoms. The van der Waals surface area contributed by atoms with E-state index in [0.29, 0.717) is 6.42 Å². The van der Waals surface area contributed by atoms with E-state index in [1.165, 1.54) is 0 Å². The van der Waals surface area contributed by atoms with E-state index in [9.17, 15) is 4.79 Å². The van der Waals surface area contributed by atoms with Gasteiger partial charge in [0.25, 0.3) is 0 Å². The number of carbonyl (C=O) groups is 1. The number of hydrogen-bond acceptors (Lipinski definition) is 3. The van der Waals surface area contributed by atoms with Crippen molar-refractivity contribution >= 4 is 6.29 Å². The van der Waals surface area contributed by atoms with E-state index in [2.05, 4.69) is 6.92 Å². The SMILES string of the molecule is CC(CC=O)c1cccc(OC2CCOCC2)c1. The average Bonchev–Trinajstić information content (AvgIpc) is 2.40. The van der Waals surface area contributed by atoms with Gasteiger partial charge in [-0.25, -0.2) is 0 Å². The molecule has 0 bridgehead atoms. The van der Waals surface area contributed by atoms with Crippen LogP contribution in [-0.4, -0.2) is 25.6 Å². The number of aldehydes is 1. The molecule has 18 heavy (non-hydrogen) atoms. The molecule has 1 fully saturated rings. The minimum atomic E-state index is 0.251. The topological polar surface area (TPSA) is 35.5 Å². The second-order valence-corrected chi connectivity index (χ2v) is 4.81. The van der Waals surface area contributed by atoms with Gasteiger partial charge in [0, 0.05) is 19.3 Å². The fraction of sp³-hybridized carbons (Fsp3) is 0.533. The molecule has 3 nitrogen and oxygen atoms in total. The highest BCUT2D eigenvalue weighted by Crippen LogP contribution is 2.24. The molecule has 1 unspecified atom stereocenters. The maximum absolute atomic E-state index is 10.5. The second-order valence-electron chi connectivity index (χ2n) is 4.81. The predicted molar refractivity (Wildman–Crippen MR) is 70.0 cm³/mol. The van der Waals surface area contributed by atoms with Gasteiger partial charge in [-0.1, -0.05) is 19.1 Å². The zero-order chi connectivity index (χ0) is 12.8. The standard InChI is InChI=1S/C15H20O3/c1-12(5-8-16)13-3-2-4-15(11-13)18-14-6-9-17-10-7-14/h2-4,8,11-12,14H,5-7,9-10H2,1H3. The molecular formula is C15H20O3. The van der Waals surface area contributed by atoms with Crippen LogP contribution in [0.5, 0.6) is 5.75 Å². The molecule has 0 radical (unpaired) electrons. The Balaban J connectivity index is 1.99. The molecule has 1 saturated heterocycles. The Morgan fingerprint density at radius 1 is 1.44 bits per heavy atom. The largest absolute Gasteiger partial charge is 0.490 e. The zero-order valence-electron chi connectivity index (χ0n) is 10.8. The summed E-state index contributed by atoms with van der Waals surface area (Å²) in [7, 11) is 0. The number of benzene rings is 1. The molecule has 0 aromatic heterocycles. The maximum atomic E-state index is 10.5. The normalized spacial score (nSPS) is 18.3. The van der Waals surface area contributed by atoms with Crippen molar-refractivity contribution in [3.8, 4) is 5.75 Å². The molecule has 0 amide bonds. The van der Waals surface area contributed by atoms with E-state index < -0.39 is 0 Å². The summed E-state index contributed by atoms with van der Waals surface area (Å²) in [6.07, 6.45) is 3.69. The number of rotatable bonds is 5. The summed E-state index contributed by atoms with van der Waals surface area (Å²) in [5, 5.41) is 0. The minimum absolute atomic E-state index is 0.251. The van der Waals surface area contributed by atoms with Crippen molar-refractivity contribution in [2.24, 2.45) is 0 Å². The molecule has 1 atom stereocenters. The Morgan fingerprint density at radius 3 is 2.94 bits per heavy atom. The van der Waals surface area contributed by atoms with Crippen LogP contribution in [0.25, 0.3) is 0 Å². The number of ether oxygens (including phenoxy) is 2. The van der Waals surface area contributed by atoms with Gasteiger partial charge in [-0.05, 0) is 23.6 Å². The first-order valence-corrected chi connectivity index (χ1v) is 6.57. The Kier molecular flexibility index (Phi) is 4.76. The molecule has 1 aliphatic rings. The molecule has 1 aromatic rings. The summed E-state index contributed by atoms with van der Waals surface area (Å²) >= 11 is 0. The fourth-order valence-electron chi connectivity index (χ4n) is 2.16. The molecule has 1 aromatic carbocycles. The lowest BCUT2D eigenvalue weighted by Gasteiger charge is -2.23. The van der Waals surface area contributed by atoms with Crippen molar-refractivity contribution in [2.45, 2.75) is 38.2 Å². The first-order valence-electron chi connectivity index (χ1n) is 6.57. The van der Waals surface area contributed by atoms with E-state index in [-0.39, 0.29) is 12.0 Å². The van der Waals surface area contributed by atoms with Crippen LogP contribution in [0.2, 0.25) is 0 Å². The summed E-state index contributed by atoms with van der Waals surface area (Å²) in [6, 6.07) is 8.06. The van der Waals surface area contributed by atoms with Gasteiger partial charge >= 0.3 is 0 Å². The zero-order valence-corrected chi connectivity index (χ0v) is 10.8. The molecule has 0 aliphatic carbocycles. The van der Waals surface area contributed by atoms with Crippen LogP contribution >= 0.6 is 0 Å². The lowest BCUT2D eigenvalue weighted by atomic mass is 9.98. The van der Waals surface area contributed by atoms with Crippen LogP contribution in [0.1, 0.15) is 37.7 Å². The Bertz CT molecular complexity index is 383. The summed E-state index contributed by atoms with van der Waals surface area (Å²) in [5.41, 5.74) is 1.16. The van der Waals surface area contributed by atoms with E-state index in [1.54, 1.807) is 0 Å². The van der Waals surface area contributed by atoms with Gasteiger partial charge in [0.15, 0.2) is 0 Å². The molecule has 1 aliphatic heterocycles. The van der Waals surface area contributed by atoms with Gasteiger partial charge in [0.2, 0.25) is 0 Å². The first-order chi connectivity index (χ1) is 8.79. The van der Waals surface area contributed by atoms with Crippen molar-refractivity contribution < 1.29 is 14.3 Å². The quantitative estimate of drug-likeness (QED) is 0.752. The van der Waals surface area contributed by atoms with Crippen molar-refractivity contribution in [3.63, 3.8) is 0 Å². The predicted octanol–water partition coefficient (Wildman–Crippen LogP) is 2.94. The lowest BCUT2D eigenvalue weighted by molar-refractivity contribution is -0.108. The lowest BCUT2D eigenvalue weighted by Crippen LogP contribution is -2.25. The molecular weight excluding hydrogens is 228 g/mol. The highest BCUT2D eigenvalue weighted by molar-refractivity contribution is 5.51. The van der Waals surface area contributed by atoms with E-state index in [4.69, 9.17) is 9.47 Å². The smallest absolute Gasteiger partial charge is 0.120 e. The first kappa shape index (κ1) is 13.1. The van der Waals surface area contributed by atoms with Crippen LogP contribution < -0.4 is 4.74 Å². The second kappa shape index (κ2) is 6.55. The summed E-state index contributed by atoms with van der Waals surface area (Å²) < 4.78 is 11.3. The van der Waals surface area contributed by atoms with E-state index >= 15 is 0 Å². The van der Waals surface area contributed by atoms with Crippen LogP contribution in [-0.2, 0) is 9.53 Å². The average molecular weight is 248 g/mol. The van der Waals surface area contributed by atoms with Crippen LogP contribution in [0.3, 0.4) is 0 Å². The maximum Gasteiger partial charge on any atom is 0.120 e. The van der Waals surface area contributed by atoms with Gasteiger partial charge in [-0.15, -0.1) is 0 Å². The van der Waals surface area contributed by atoms with Crippen LogP contribution in [0.4, 0.5) is 0 Å². The van der Waals surface area contributed by atoms with E-state index in [0.717, 1.165) is 43.7 Å². The van der Waals surface area contributed by atoms with E-state index in [1.807, 2.05) is 24.3 Å². The molecule has 2 rings (SSSR count). The van der Waals surface area contributed by atoms with Gasteiger partial charge < -0.3 is 14.3 Å². The third-order valence-electron chi connectivity index (χ3n) is 3.35. The van der Waals surface area contributed by atoms with Crippen molar-refractivity contribution in [1.82, 2.24) is 0 Å². The molecule has 0 N–H and O–H groups in total. The Labute approximate surface area is 108 Å². The highest BCUT2D eigenvalue weighted by Gasteiger charge is 2.15. The van der Waals surface area contributed by atoms with Gasteiger partial charge in [-0.2, -0.15) is 0 Å².